The lowest BCUT2D eigenvalue weighted by Crippen LogP contribution is -2.26. The Morgan fingerprint density at radius 1 is 0.458 bits per heavy atom. The standard InChI is InChI=1S/C24H23O2P.C22H28O4.C10H14O2.C6H6.CH4.H2/c1-20(24(25)26-2)18-19-27(21-12-6-3-7-13-21,22-14-8-4-9-15-22)23-16-10-5-11-17-23;1-18(12-8-14-20(3)16-26-17-23)10-6-7-11-19(2)13-9-15-21(4)22(24)25-5;1-9(8-11)6-4-5-7-10(2)12-3;1-2-4-6-5-3-1;;/h3-19H,1-2H3;6-15,17H,16H2,1-5H3;4-8H,1-3H3;1-6H;1H4;1H/b20-18+;7-6+,12-8+,13-9+,18-10+,19-11+,20-14+,21-15+;5-4+,9-6+,10-7+;;;/i;;;;;1+1. The number of methoxy groups -OCH3 is 3. The van der Waals surface area contributed by atoms with Crippen molar-refractivity contribution in [3.05, 3.63) is 258 Å². The maximum absolute atomic E-state index is 11.9. The normalized spacial score (nSPS) is 12.6. The number of carbonyl (C=O) groups is 4. The Labute approximate surface area is 432 Å². The molecule has 382 valence electrons. The van der Waals surface area contributed by atoms with Gasteiger partial charge in [0.15, 0.2) is 0 Å². The number of ether oxygens (including phenoxy) is 4. The van der Waals surface area contributed by atoms with Crippen molar-refractivity contribution in [1.82, 2.24) is 0 Å². The van der Waals surface area contributed by atoms with E-state index in [9.17, 15) is 19.2 Å². The van der Waals surface area contributed by atoms with Crippen molar-refractivity contribution in [1.29, 1.82) is 0 Å². The lowest BCUT2D eigenvalue weighted by atomic mass is 10.2. The molecule has 8 nitrogen and oxygen atoms in total. The van der Waals surface area contributed by atoms with Crippen molar-refractivity contribution in [2.75, 3.05) is 27.9 Å². The van der Waals surface area contributed by atoms with Gasteiger partial charge in [-0.15, -0.1) is 0 Å². The number of rotatable bonds is 19. The Morgan fingerprint density at radius 2 is 0.819 bits per heavy atom. The van der Waals surface area contributed by atoms with Crippen molar-refractivity contribution < 1.29 is 39.6 Å². The van der Waals surface area contributed by atoms with Crippen molar-refractivity contribution in [2.24, 2.45) is 0 Å². The van der Waals surface area contributed by atoms with Gasteiger partial charge in [-0.1, -0.05) is 237 Å². The van der Waals surface area contributed by atoms with E-state index >= 15 is 0 Å². The molecule has 0 fully saturated rings. The zero-order chi connectivity index (χ0) is 52.5. The molecule has 4 rings (SSSR count). The molecule has 0 aromatic heterocycles. The molecular weight excluding hydrogens is 916 g/mol. The van der Waals surface area contributed by atoms with Gasteiger partial charge in [0.2, 0.25) is 0 Å². The summed E-state index contributed by atoms with van der Waals surface area (Å²) in [6.45, 7) is 11.7. The molecule has 0 amide bonds. The molecule has 0 atom stereocenters. The number of allylic oxidation sites excluding steroid dienone is 19. The molecule has 0 bridgehead atoms. The summed E-state index contributed by atoms with van der Waals surface area (Å²) in [5.41, 5.74) is 4.97. The van der Waals surface area contributed by atoms with Crippen LogP contribution in [0.4, 0.5) is 0 Å². The van der Waals surface area contributed by atoms with E-state index in [-0.39, 0.29) is 20.8 Å². The van der Waals surface area contributed by atoms with Crippen LogP contribution in [0, 0.1) is 0 Å². The highest BCUT2D eigenvalue weighted by molar-refractivity contribution is 7.94. The zero-order valence-electron chi connectivity index (χ0n) is 42.9. The molecule has 0 unspecified atom stereocenters. The maximum atomic E-state index is 11.9. The van der Waals surface area contributed by atoms with Gasteiger partial charge in [-0.25, -0.2) is 9.59 Å². The van der Waals surface area contributed by atoms with Gasteiger partial charge in [0, 0.05) is 12.6 Å². The Hall–Kier alpha value is -7.80. The van der Waals surface area contributed by atoms with Crippen LogP contribution in [0.25, 0.3) is 0 Å². The summed E-state index contributed by atoms with van der Waals surface area (Å²) >= 11 is 0. The molecular formula is C63H77O8P. The van der Waals surface area contributed by atoms with Crippen LogP contribution in [0.3, 0.4) is 0 Å². The van der Waals surface area contributed by atoms with E-state index in [0.29, 0.717) is 29.8 Å². The average molecular weight is 994 g/mol. The summed E-state index contributed by atoms with van der Waals surface area (Å²) in [7, 11) is 4.39. The van der Waals surface area contributed by atoms with Gasteiger partial charge in [0.05, 0.1) is 27.1 Å². The predicted octanol–water partition coefficient (Wildman–Crippen LogP) is 13.5. The van der Waals surface area contributed by atoms with Crippen LogP contribution in [0.15, 0.2) is 258 Å². The Balaban J connectivity index is 0. The van der Waals surface area contributed by atoms with Crippen LogP contribution in [0.2, 0.25) is 0 Å². The first-order chi connectivity index (χ1) is 34.3. The van der Waals surface area contributed by atoms with Crippen LogP contribution in [0.1, 0.15) is 57.3 Å². The second kappa shape index (κ2) is 40.0. The SMILES string of the molecule is C.CO/C(C)=C/C=C/C=C(\C)C=O.COC(=O)/C(C)=C/C=C/C(C)=C/C=C/C=C(C)/C=C/C=C(\C)COC=O.COC(=O)/C(C)=C/C=P(c1ccccc1)(c1ccccc1)c1ccccc1.[2HH].c1ccccc1. The van der Waals surface area contributed by atoms with Gasteiger partial charge < -0.3 is 18.9 Å². The molecule has 4 aromatic carbocycles. The molecule has 4 aromatic rings. The Kier molecular flexibility index (Phi) is 35.7. The van der Waals surface area contributed by atoms with Gasteiger partial charge in [0.25, 0.3) is 6.47 Å². The number of esters is 2. The van der Waals surface area contributed by atoms with Crippen LogP contribution in [-0.4, -0.2) is 58.4 Å². The van der Waals surface area contributed by atoms with E-state index in [4.69, 9.17) is 9.47 Å². The quantitative estimate of drug-likeness (QED) is 0.0174. The Morgan fingerprint density at radius 3 is 1.19 bits per heavy atom. The monoisotopic (exact) mass is 994 g/mol. The largest absolute Gasteiger partial charge is 0.501 e. The van der Waals surface area contributed by atoms with Crippen LogP contribution >= 0.6 is 6.89 Å². The first kappa shape index (κ1) is 64.2. The highest BCUT2D eigenvalue weighted by Crippen LogP contribution is 2.43. The van der Waals surface area contributed by atoms with Crippen LogP contribution < -0.4 is 15.9 Å². The van der Waals surface area contributed by atoms with Gasteiger partial charge in [-0.2, -0.15) is 0 Å². The number of benzene rings is 4. The van der Waals surface area contributed by atoms with Crippen molar-refractivity contribution in [2.45, 2.75) is 55.9 Å². The first-order valence-electron chi connectivity index (χ1n) is 22.8. The van der Waals surface area contributed by atoms with E-state index in [2.05, 4.69) is 88.1 Å². The topological polar surface area (TPSA) is 105 Å². The van der Waals surface area contributed by atoms with Crippen LogP contribution in [-0.2, 0) is 38.1 Å². The smallest absolute Gasteiger partial charge is 0.333 e. The van der Waals surface area contributed by atoms with Gasteiger partial charge in [0.1, 0.15) is 12.9 Å². The number of carbonyl (C=O) groups excluding carboxylic acids is 4. The van der Waals surface area contributed by atoms with E-state index in [1.54, 1.807) is 46.1 Å². The third-order valence-corrected chi connectivity index (χ3v) is 13.6. The summed E-state index contributed by atoms with van der Waals surface area (Å²) in [5, 5.41) is 3.74. The van der Waals surface area contributed by atoms with Crippen molar-refractivity contribution in [3.8, 4) is 0 Å². The number of aldehydes is 1. The molecule has 0 saturated carbocycles. The summed E-state index contributed by atoms with van der Waals surface area (Å²) in [4.78, 5) is 43.4. The van der Waals surface area contributed by atoms with Crippen molar-refractivity contribution >= 4 is 53.3 Å². The average Bonchev–Trinajstić information content (AvgIpc) is 3.41. The van der Waals surface area contributed by atoms with Gasteiger partial charge >= 0.3 is 11.9 Å². The lowest BCUT2D eigenvalue weighted by molar-refractivity contribution is -0.136. The fourth-order valence-corrected chi connectivity index (χ4v) is 9.50. The third-order valence-electron chi connectivity index (χ3n) is 9.68. The minimum atomic E-state index is -2.07. The minimum absolute atomic E-state index is 0. The van der Waals surface area contributed by atoms with Gasteiger partial charge in [-0.3, -0.25) is 9.59 Å². The van der Waals surface area contributed by atoms with E-state index in [1.807, 2.05) is 155 Å². The lowest BCUT2D eigenvalue weighted by Gasteiger charge is -2.28. The third kappa shape index (κ3) is 27.4. The second-order valence-electron chi connectivity index (χ2n) is 15.5. The molecule has 0 spiro atoms. The zero-order valence-corrected chi connectivity index (χ0v) is 43.8. The highest BCUT2D eigenvalue weighted by Gasteiger charge is 2.24. The molecule has 0 saturated heterocycles. The molecule has 0 aliphatic heterocycles. The van der Waals surface area contributed by atoms with Crippen molar-refractivity contribution in [3.63, 3.8) is 0 Å². The first-order valence-corrected chi connectivity index (χ1v) is 24.7. The summed E-state index contributed by atoms with van der Waals surface area (Å²) in [5.74, 6) is 2.41. The Bertz CT molecular complexity index is 2480. The molecule has 0 N–H and O–H groups in total. The maximum Gasteiger partial charge on any atom is 0.333 e. The summed E-state index contributed by atoms with van der Waals surface area (Å²) < 4.78 is 19.1. The minimum Gasteiger partial charge on any atom is -0.501 e. The van der Waals surface area contributed by atoms with E-state index in [1.165, 1.54) is 30.1 Å². The molecule has 9 heteroatoms. The summed E-state index contributed by atoms with van der Waals surface area (Å²) in [6.07, 6.45) is 29.1. The number of hydrogen-bond donors (Lipinski definition) is 0. The fourth-order valence-electron chi connectivity index (χ4n) is 5.71. The molecule has 72 heavy (non-hydrogen) atoms. The molecule has 0 heterocycles. The fraction of sp³-hybridized carbons (Fsp3) is 0.190. The van der Waals surface area contributed by atoms with Crippen LogP contribution in [0.5, 0.6) is 0 Å². The highest BCUT2D eigenvalue weighted by atomic mass is 31.2. The summed E-state index contributed by atoms with van der Waals surface area (Å²) in [6, 6.07) is 43.5. The molecule has 0 aliphatic rings. The molecule has 0 aliphatic carbocycles. The van der Waals surface area contributed by atoms with Gasteiger partial charge in [-0.05, 0) is 88.5 Å². The second-order valence-corrected chi connectivity index (χ2v) is 18.7. The van der Waals surface area contributed by atoms with E-state index in [0.717, 1.165) is 28.8 Å². The van der Waals surface area contributed by atoms with E-state index < -0.39 is 6.89 Å². The predicted molar refractivity (Wildman–Crippen MR) is 308 cm³/mol. The molecule has 0 radical (unpaired) electrons. The number of hydrogen-bond acceptors (Lipinski definition) is 8.